The number of hydrogen-bond donors (Lipinski definition) is 1. The van der Waals surface area contributed by atoms with Crippen molar-refractivity contribution in [1.29, 1.82) is 0 Å². The van der Waals surface area contributed by atoms with Crippen molar-refractivity contribution in [2.75, 3.05) is 25.1 Å². The third kappa shape index (κ3) is 5.50. The van der Waals surface area contributed by atoms with Gasteiger partial charge in [0.25, 0.3) is 0 Å². The number of benzene rings is 2. The van der Waals surface area contributed by atoms with Gasteiger partial charge in [0.05, 0.1) is 17.6 Å². The molecule has 1 aliphatic heterocycles. The minimum atomic E-state index is -4.80. The Hall–Kier alpha value is -2.59. The fourth-order valence-electron chi connectivity index (χ4n) is 4.37. The highest BCUT2D eigenvalue weighted by Crippen LogP contribution is 2.32. The second kappa shape index (κ2) is 9.34. The van der Waals surface area contributed by atoms with Gasteiger partial charge in [-0.2, -0.15) is 17.9 Å². The fraction of sp³-hybridized carbons (Fsp3) is 0.435. The summed E-state index contributed by atoms with van der Waals surface area (Å²) in [6, 6.07) is 5.63. The van der Waals surface area contributed by atoms with Crippen LogP contribution in [-0.2, 0) is 21.2 Å². The second-order valence-electron chi connectivity index (χ2n) is 8.33. The number of esters is 1. The van der Waals surface area contributed by atoms with E-state index in [4.69, 9.17) is 4.74 Å². The summed E-state index contributed by atoms with van der Waals surface area (Å²) >= 11 is 0. The zero-order valence-electron chi connectivity index (χ0n) is 18.9. The van der Waals surface area contributed by atoms with E-state index in [1.807, 2.05) is 4.72 Å². The Labute approximate surface area is 191 Å². The van der Waals surface area contributed by atoms with Crippen LogP contribution in [0, 0.1) is 20.8 Å². The molecule has 6 nitrogen and oxygen atoms in total. The molecule has 1 aliphatic rings. The van der Waals surface area contributed by atoms with Crippen molar-refractivity contribution >= 4 is 21.7 Å². The summed E-state index contributed by atoms with van der Waals surface area (Å²) in [5.74, 6) is -0.528. The molecule has 1 N–H and O–H groups in total. The summed E-state index contributed by atoms with van der Waals surface area (Å²) in [4.78, 5) is 13.2. The van der Waals surface area contributed by atoms with Crippen LogP contribution in [0.15, 0.2) is 35.2 Å². The van der Waals surface area contributed by atoms with Gasteiger partial charge in [-0.3, -0.25) is 0 Å². The standard InChI is InChI=1S/C23H27F3N2O4S/c1-14-10-15(2)21(16(3)11-14)33(30,31)27-20(23(24,25)26)13-28-9-5-6-17-12-18(22(29)32-4)7-8-19(17)28/h7-8,10-12,20,27H,5-6,9,13H2,1-4H3. The Morgan fingerprint density at radius 1 is 1.15 bits per heavy atom. The molecule has 0 bridgehead atoms. The zero-order valence-corrected chi connectivity index (χ0v) is 19.7. The van der Waals surface area contributed by atoms with Gasteiger partial charge in [0.2, 0.25) is 10.0 Å². The third-order valence-electron chi connectivity index (χ3n) is 5.68. The molecular weight excluding hydrogens is 457 g/mol. The minimum absolute atomic E-state index is 0.135. The van der Waals surface area contributed by atoms with Gasteiger partial charge < -0.3 is 9.64 Å². The molecule has 0 amide bonds. The molecule has 33 heavy (non-hydrogen) atoms. The smallest absolute Gasteiger partial charge is 0.406 e. The fourth-order valence-corrected chi connectivity index (χ4v) is 6.04. The van der Waals surface area contributed by atoms with E-state index in [2.05, 4.69) is 0 Å². The molecule has 0 saturated heterocycles. The van der Waals surface area contributed by atoms with Gasteiger partial charge in [-0.1, -0.05) is 17.7 Å². The summed E-state index contributed by atoms with van der Waals surface area (Å²) in [5.41, 5.74) is 3.19. The van der Waals surface area contributed by atoms with E-state index >= 15 is 0 Å². The molecule has 1 unspecified atom stereocenters. The van der Waals surface area contributed by atoms with Crippen molar-refractivity contribution in [3.05, 3.63) is 58.1 Å². The summed E-state index contributed by atoms with van der Waals surface area (Å²) in [7, 11) is -3.17. The summed E-state index contributed by atoms with van der Waals surface area (Å²) in [6.07, 6.45) is -3.63. The van der Waals surface area contributed by atoms with Crippen LogP contribution in [0.5, 0.6) is 0 Å². The van der Waals surface area contributed by atoms with Crippen LogP contribution in [0.2, 0.25) is 0 Å². The number of sulfonamides is 1. The quantitative estimate of drug-likeness (QED) is 0.626. The van der Waals surface area contributed by atoms with Gasteiger partial charge in [0, 0.05) is 18.8 Å². The summed E-state index contributed by atoms with van der Waals surface area (Å²) in [5, 5.41) is 0. The first-order valence-corrected chi connectivity index (χ1v) is 11.9. The lowest BCUT2D eigenvalue weighted by Gasteiger charge is -2.35. The monoisotopic (exact) mass is 484 g/mol. The van der Waals surface area contributed by atoms with E-state index in [1.54, 1.807) is 45.0 Å². The maximum absolute atomic E-state index is 14.0. The molecule has 0 radical (unpaired) electrons. The summed E-state index contributed by atoms with van der Waals surface area (Å²) in [6.45, 7) is 4.67. The lowest BCUT2D eigenvalue weighted by atomic mass is 9.98. The molecule has 0 fully saturated rings. The minimum Gasteiger partial charge on any atom is -0.465 e. The Balaban J connectivity index is 1.92. The molecule has 180 valence electrons. The highest BCUT2D eigenvalue weighted by Gasteiger charge is 2.44. The van der Waals surface area contributed by atoms with Crippen LogP contribution in [0.4, 0.5) is 18.9 Å². The Morgan fingerprint density at radius 2 is 1.79 bits per heavy atom. The van der Waals surface area contributed by atoms with Crippen LogP contribution in [0.25, 0.3) is 0 Å². The Bertz CT molecular complexity index is 1140. The lowest BCUT2D eigenvalue weighted by molar-refractivity contribution is -0.149. The number of nitrogens with zero attached hydrogens (tertiary/aromatic N) is 1. The number of methoxy groups -OCH3 is 1. The van der Waals surface area contributed by atoms with Gasteiger partial charge >= 0.3 is 12.1 Å². The number of halogens is 3. The van der Waals surface area contributed by atoms with E-state index in [1.165, 1.54) is 18.1 Å². The van der Waals surface area contributed by atoms with Crippen LogP contribution in [-0.4, -0.2) is 46.8 Å². The van der Waals surface area contributed by atoms with E-state index in [9.17, 15) is 26.4 Å². The highest BCUT2D eigenvalue weighted by atomic mass is 32.2. The SMILES string of the molecule is COC(=O)c1ccc2c(c1)CCCN2CC(NS(=O)(=O)c1c(C)cc(C)cc1C)C(F)(F)F. The number of rotatable bonds is 6. The number of aryl methyl sites for hydroxylation is 4. The molecule has 0 saturated carbocycles. The normalized spacial score (nSPS) is 15.2. The van der Waals surface area contributed by atoms with E-state index in [0.717, 1.165) is 11.1 Å². The van der Waals surface area contributed by atoms with E-state index in [0.29, 0.717) is 41.8 Å². The third-order valence-corrected chi connectivity index (χ3v) is 7.46. The lowest BCUT2D eigenvalue weighted by Crippen LogP contribution is -2.53. The van der Waals surface area contributed by atoms with Crippen molar-refractivity contribution < 1.29 is 31.1 Å². The summed E-state index contributed by atoms with van der Waals surface area (Å²) < 4.78 is 74.5. The van der Waals surface area contributed by atoms with Crippen LogP contribution >= 0.6 is 0 Å². The molecule has 3 rings (SSSR count). The first-order valence-electron chi connectivity index (χ1n) is 10.5. The molecule has 0 spiro atoms. The number of anilines is 1. The largest absolute Gasteiger partial charge is 0.465 e. The predicted octanol–water partition coefficient (Wildman–Crippen LogP) is 4.06. The average Bonchev–Trinajstić information content (AvgIpc) is 2.70. The van der Waals surface area contributed by atoms with Crippen molar-refractivity contribution in [1.82, 2.24) is 4.72 Å². The van der Waals surface area contributed by atoms with Crippen LogP contribution in [0.1, 0.15) is 39.0 Å². The number of ether oxygens (including phenoxy) is 1. The number of fused-ring (bicyclic) bond motifs is 1. The molecule has 2 aromatic carbocycles. The first kappa shape index (κ1) is 25.0. The van der Waals surface area contributed by atoms with Crippen LogP contribution < -0.4 is 9.62 Å². The molecule has 0 aliphatic carbocycles. The molecule has 1 heterocycles. The van der Waals surface area contributed by atoms with Gasteiger partial charge in [-0.15, -0.1) is 0 Å². The number of hydrogen-bond acceptors (Lipinski definition) is 5. The topological polar surface area (TPSA) is 75.7 Å². The zero-order chi connectivity index (χ0) is 24.6. The Morgan fingerprint density at radius 3 is 2.36 bits per heavy atom. The number of carbonyl (C=O) groups excluding carboxylic acids is 1. The Kier molecular flexibility index (Phi) is 7.09. The maximum Gasteiger partial charge on any atom is 0.406 e. The molecular formula is C23H27F3N2O4S. The number of nitrogens with one attached hydrogen (secondary N) is 1. The van der Waals surface area contributed by atoms with Gasteiger partial charge in [0.1, 0.15) is 6.04 Å². The number of alkyl halides is 3. The van der Waals surface area contributed by atoms with Crippen LogP contribution in [0.3, 0.4) is 0 Å². The highest BCUT2D eigenvalue weighted by molar-refractivity contribution is 7.89. The van der Waals surface area contributed by atoms with Crippen molar-refractivity contribution in [2.45, 2.75) is 50.7 Å². The molecule has 2 aromatic rings. The van der Waals surface area contributed by atoms with E-state index in [-0.39, 0.29) is 4.90 Å². The first-order chi connectivity index (χ1) is 15.3. The molecule has 10 heteroatoms. The van der Waals surface area contributed by atoms with Gasteiger partial charge in [-0.25, -0.2) is 13.2 Å². The molecule has 1 atom stereocenters. The average molecular weight is 485 g/mol. The van der Waals surface area contributed by atoms with E-state index < -0.39 is 34.8 Å². The second-order valence-corrected chi connectivity index (χ2v) is 9.98. The molecule has 0 aromatic heterocycles. The van der Waals surface area contributed by atoms with Crippen molar-refractivity contribution in [3.63, 3.8) is 0 Å². The predicted molar refractivity (Wildman–Crippen MR) is 119 cm³/mol. The van der Waals surface area contributed by atoms with Crippen molar-refractivity contribution in [3.8, 4) is 0 Å². The number of carbonyl (C=O) groups is 1. The maximum atomic E-state index is 14.0. The van der Waals surface area contributed by atoms with Crippen molar-refractivity contribution in [2.24, 2.45) is 0 Å². The van der Waals surface area contributed by atoms with Gasteiger partial charge in [-0.05, 0) is 68.5 Å². The van der Waals surface area contributed by atoms with Gasteiger partial charge in [0.15, 0.2) is 0 Å².